The summed E-state index contributed by atoms with van der Waals surface area (Å²) in [4.78, 5) is 17.6. The van der Waals surface area contributed by atoms with Gasteiger partial charge in [-0.25, -0.2) is 4.98 Å². The smallest absolute Gasteiger partial charge is 0.416 e. The van der Waals surface area contributed by atoms with Crippen molar-refractivity contribution in [2.45, 2.75) is 42.8 Å². The minimum absolute atomic E-state index is 0.184. The van der Waals surface area contributed by atoms with Gasteiger partial charge >= 0.3 is 6.18 Å². The van der Waals surface area contributed by atoms with Crippen molar-refractivity contribution in [1.29, 1.82) is 0 Å². The van der Waals surface area contributed by atoms with Gasteiger partial charge in [-0.15, -0.1) is 0 Å². The van der Waals surface area contributed by atoms with Gasteiger partial charge in [0.2, 0.25) is 0 Å². The average Bonchev–Trinajstić information content (AvgIpc) is 3.59. The summed E-state index contributed by atoms with van der Waals surface area (Å²) in [7, 11) is 0. The molecule has 0 N–H and O–H groups in total. The van der Waals surface area contributed by atoms with Crippen LogP contribution in [0.1, 0.15) is 30.9 Å². The Morgan fingerprint density at radius 2 is 1.91 bits per heavy atom. The summed E-state index contributed by atoms with van der Waals surface area (Å²) in [6.07, 6.45) is 1.24. The number of halogens is 3. The van der Waals surface area contributed by atoms with Gasteiger partial charge in [-0.05, 0) is 79.6 Å². The van der Waals surface area contributed by atoms with E-state index in [1.54, 1.807) is 6.20 Å². The molecule has 1 atom stereocenters. The summed E-state index contributed by atoms with van der Waals surface area (Å²) in [5.74, 6) is 2.09. The third kappa shape index (κ3) is 5.18. The maximum atomic E-state index is 13.0. The Hall–Kier alpha value is -2.74. The van der Waals surface area contributed by atoms with Crippen LogP contribution in [-0.2, 0) is 6.18 Å². The highest BCUT2D eigenvalue weighted by atomic mass is 32.2. The predicted molar refractivity (Wildman–Crippen MR) is 118 cm³/mol. The van der Waals surface area contributed by atoms with Crippen molar-refractivity contribution >= 4 is 11.8 Å². The van der Waals surface area contributed by atoms with Gasteiger partial charge in [0.25, 0.3) is 5.56 Å². The summed E-state index contributed by atoms with van der Waals surface area (Å²) in [6, 6.07) is 10.2. The van der Waals surface area contributed by atoms with Crippen LogP contribution >= 0.6 is 11.8 Å². The molecular weight excluding hydrogens is 437 g/mol. The van der Waals surface area contributed by atoms with E-state index in [2.05, 4.69) is 11.9 Å². The van der Waals surface area contributed by atoms with Gasteiger partial charge in [-0.3, -0.25) is 9.36 Å². The fourth-order valence-corrected chi connectivity index (χ4v) is 4.25. The highest BCUT2D eigenvalue weighted by Gasteiger charge is 2.30. The van der Waals surface area contributed by atoms with E-state index in [1.165, 1.54) is 35.7 Å². The zero-order chi connectivity index (χ0) is 22.9. The number of benzene rings is 2. The fraction of sp³-hybridized carbons (Fsp3) is 0.333. The lowest BCUT2D eigenvalue weighted by Gasteiger charge is -2.15. The molecule has 168 valence electrons. The molecule has 8 heteroatoms. The van der Waals surface area contributed by atoms with Crippen molar-refractivity contribution in [2.24, 2.45) is 11.8 Å². The van der Waals surface area contributed by atoms with Gasteiger partial charge in [0.05, 0.1) is 12.2 Å². The van der Waals surface area contributed by atoms with Crippen molar-refractivity contribution in [3.05, 3.63) is 76.3 Å². The molecule has 0 bridgehead atoms. The molecule has 0 spiro atoms. The summed E-state index contributed by atoms with van der Waals surface area (Å²) >= 11 is 1.03. The van der Waals surface area contributed by atoms with Crippen molar-refractivity contribution in [1.82, 2.24) is 9.55 Å². The molecule has 1 fully saturated rings. The normalized spacial score (nSPS) is 14.9. The van der Waals surface area contributed by atoms with Crippen molar-refractivity contribution in [3.8, 4) is 11.4 Å². The first-order valence-corrected chi connectivity index (χ1v) is 11.2. The molecule has 0 radical (unpaired) electrons. The number of hydrogen-bond donors (Lipinski definition) is 0. The second kappa shape index (κ2) is 9.02. The van der Waals surface area contributed by atoms with Crippen LogP contribution < -0.4 is 10.3 Å². The van der Waals surface area contributed by atoms with E-state index in [0.29, 0.717) is 23.1 Å². The van der Waals surface area contributed by atoms with E-state index in [1.807, 2.05) is 25.1 Å². The molecule has 3 aromatic rings. The van der Waals surface area contributed by atoms with Crippen LogP contribution in [0, 0.1) is 18.8 Å². The van der Waals surface area contributed by atoms with Crippen LogP contribution in [0.4, 0.5) is 13.2 Å². The first kappa shape index (κ1) is 22.5. The molecule has 1 saturated carbocycles. The maximum absolute atomic E-state index is 13.0. The number of rotatable bonds is 7. The molecule has 0 saturated heterocycles. The van der Waals surface area contributed by atoms with Crippen LogP contribution in [0.2, 0.25) is 0 Å². The van der Waals surface area contributed by atoms with Gasteiger partial charge in [0.15, 0.2) is 5.03 Å². The van der Waals surface area contributed by atoms with Gasteiger partial charge in [-0.2, -0.15) is 13.2 Å². The summed E-state index contributed by atoms with van der Waals surface area (Å²) in [5, 5.41) is 0.184. The zero-order valence-corrected chi connectivity index (χ0v) is 18.5. The Morgan fingerprint density at radius 1 is 1.19 bits per heavy atom. The Kier molecular flexibility index (Phi) is 6.33. The predicted octanol–water partition coefficient (Wildman–Crippen LogP) is 6.14. The van der Waals surface area contributed by atoms with E-state index >= 15 is 0 Å². The monoisotopic (exact) mass is 460 g/mol. The zero-order valence-electron chi connectivity index (χ0n) is 17.7. The van der Waals surface area contributed by atoms with Crippen LogP contribution in [0.3, 0.4) is 0 Å². The minimum Gasteiger partial charge on any atom is -0.493 e. The third-order valence-corrected chi connectivity index (χ3v) is 6.55. The van der Waals surface area contributed by atoms with Crippen LogP contribution in [0.15, 0.2) is 69.6 Å². The van der Waals surface area contributed by atoms with E-state index < -0.39 is 11.7 Å². The molecule has 1 aromatic heterocycles. The highest BCUT2D eigenvalue weighted by molar-refractivity contribution is 7.99. The third-order valence-electron chi connectivity index (χ3n) is 5.57. The highest BCUT2D eigenvalue weighted by Crippen LogP contribution is 2.37. The summed E-state index contributed by atoms with van der Waals surface area (Å²) < 4.78 is 45.7. The Labute approximate surface area is 188 Å². The van der Waals surface area contributed by atoms with Crippen LogP contribution in [-0.4, -0.2) is 16.2 Å². The second-order valence-corrected chi connectivity index (χ2v) is 9.17. The molecule has 0 amide bonds. The molecule has 0 aliphatic heterocycles. The molecule has 4 nitrogen and oxygen atoms in total. The van der Waals surface area contributed by atoms with Crippen LogP contribution in [0.25, 0.3) is 5.69 Å². The first-order chi connectivity index (χ1) is 15.2. The van der Waals surface area contributed by atoms with E-state index in [9.17, 15) is 18.0 Å². The molecule has 1 heterocycles. The standard InChI is InChI=1S/C24H23F3N2O2S/c1-15-13-19(7-10-21(15)31-14-16(2)17-3-4-17)29-12-11-28-22(23(29)30)32-20-8-5-18(6-9-20)24(25,26)27/h5-13,16-17H,3-4,14H2,1-2H3. The van der Waals surface area contributed by atoms with Crippen molar-refractivity contribution < 1.29 is 17.9 Å². The molecule has 1 aliphatic rings. The lowest BCUT2D eigenvalue weighted by molar-refractivity contribution is -0.137. The Balaban J connectivity index is 1.51. The molecule has 4 rings (SSSR count). The van der Waals surface area contributed by atoms with Gasteiger partial charge in [-0.1, -0.05) is 18.7 Å². The largest absolute Gasteiger partial charge is 0.493 e. The maximum Gasteiger partial charge on any atom is 0.416 e. The fourth-order valence-electron chi connectivity index (χ4n) is 3.46. The average molecular weight is 461 g/mol. The lowest BCUT2D eigenvalue weighted by Crippen LogP contribution is -2.20. The quantitative estimate of drug-likeness (QED) is 0.425. The first-order valence-electron chi connectivity index (χ1n) is 10.4. The van der Waals surface area contributed by atoms with Gasteiger partial charge in [0, 0.05) is 23.0 Å². The van der Waals surface area contributed by atoms with Crippen molar-refractivity contribution in [3.63, 3.8) is 0 Å². The SMILES string of the molecule is Cc1cc(-n2ccnc(Sc3ccc(C(F)(F)F)cc3)c2=O)ccc1OCC(C)C1CC1. The minimum atomic E-state index is -4.40. The number of aromatic nitrogens is 2. The number of ether oxygens (including phenoxy) is 1. The molecule has 32 heavy (non-hydrogen) atoms. The van der Waals surface area contributed by atoms with Crippen LogP contribution in [0.5, 0.6) is 5.75 Å². The second-order valence-electron chi connectivity index (χ2n) is 8.11. The number of aryl methyl sites for hydroxylation is 1. The molecular formula is C24H23F3N2O2S. The van der Waals surface area contributed by atoms with Gasteiger partial charge in [0.1, 0.15) is 5.75 Å². The number of nitrogens with zero attached hydrogens (tertiary/aromatic N) is 2. The van der Waals surface area contributed by atoms with Crippen molar-refractivity contribution in [2.75, 3.05) is 6.61 Å². The lowest BCUT2D eigenvalue weighted by atomic mass is 10.1. The summed E-state index contributed by atoms with van der Waals surface area (Å²) in [5.41, 5.74) is 0.523. The van der Waals surface area contributed by atoms with E-state index in [0.717, 1.165) is 41.1 Å². The number of alkyl halides is 3. The van der Waals surface area contributed by atoms with E-state index in [4.69, 9.17) is 4.74 Å². The molecule has 2 aromatic carbocycles. The Bertz CT molecular complexity index is 1160. The molecule has 1 aliphatic carbocycles. The Morgan fingerprint density at radius 3 is 2.53 bits per heavy atom. The number of hydrogen-bond acceptors (Lipinski definition) is 4. The topological polar surface area (TPSA) is 44.1 Å². The summed E-state index contributed by atoms with van der Waals surface area (Å²) in [6.45, 7) is 4.81. The van der Waals surface area contributed by atoms with Gasteiger partial charge < -0.3 is 4.74 Å². The van der Waals surface area contributed by atoms with E-state index in [-0.39, 0.29) is 10.6 Å². The molecule has 1 unspecified atom stereocenters.